The third-order valence-corrected chi connectivity index (χ3v) is 5.62. The molecule has 1 N–H and O–H groups in total. The standard InChI is InChI=1S/C23H23N3O2/c1-15-2-5-20-18(10-15)12-21(25-20)23(27)16-3-4-17-13-24-22(19(17)11-16)14-26-6-8-28-9-7-26/h2-5,10-12,25H,6-9,13-14H2,1H3. The number of ketones is 1. The highest BCUT2D eigenvalue weighted by Crippen LogP contribution is 2.24. The van der Waals surface area contributed by atoms with Gasteiger partial charge in [0, 0.05) is 41.7 Å². The van der Waals surface area contributed by atoms with E-state index in [1.54, 1.807) is 0 Å². The van der Waals surface area contributed by atoms with E-state index in [1.165, 1.54) is 11.1 Å². The Morgan fingerprint density at radius 2 is 2.00 bits per heavy atom. The Morgan fingerprint density at radius 1 is 1.14 bits per heavy atom. The molecule has 0 radical (unpaired) electrons. The van der Waals surface area contributed by atoms with Crippen LogP contribution in [0, 0.1) is 6.92 Å². The first-order valence-corrected chi connectivity index (χ1v) is 9.78. The molecule has 3 heterocycles. The van der Waals surface area contributed by atoms with Crippen LogP contribution < -0.4 is 0 Å². The van der Waals surface area contributed by atoms with Crippen molar-refractivity contribution in [2.45, 2.75) is 13.5 Å². The summed E-state index contributed by atoms with van der Waals surface area (Å²) in [7, 11) is 0. The van der Waals surface area contributed by atoms with Gasteiger partial charge in [-0.05, 0) is 36.8 Å². The van der Waals surface area contributed by atoms with E-state index in [2.05, 4.69) is 28.9 Å². The fourth-order valence-electron chi connectivity index (χ4n) is 4.03. The van der Waals surface area contributed by atoms with Crippen LogP contribution in [0.3, 0.4) is 0 Å². The Balaban J connectivity index is 1.42. The number of aryl methyl sites for hydroxylation is 1. The van der Waals surface area contributed by atoms with Crippen molar-refractivity contribution in [3.63, 3.8) is 0 Å². The van der Waals surface area contributed by atoms with Crippen molar-refractivity contribution in [1.29, 1.82) is 0 Å². The van der Waals surface area contributed by atoms with Crippen molar-refractivity contribution in [3.8, 4) is 0 Å². The molecule has 0 atom stereocenters. The number of hydrogen-bond acceptors (Lipinski definition) is 4. The van der Waals surface area contributed by atoms with Crippen LogP contribution in [-0.4, -0.2) is 54.2 Å². The summed E-state index contributed by atoms with van der Waals surface area (Å²) in [5.41, 5.74) is 6.91. The van der Waals surface area contributed by atoms with Gasteiger partial charge in [-0.25, -0.2) is 0 Å². The summed E-state index contributed by atoms with van der Waals surface area (Å²) in [6.07, 6.45) is 0. The zero-order valence-corrected chi connectivity index (χ0v) is 16.0. The van der Waals surface area contributed by atoms with Crippen molar-refractivity contribution < 1.29 is 9.53 Å². The molecule has 0 aliphatic carbocycles. The normalized spacial score (nSPS) is 17.0. The van der Waals surface area contributed by atoms with Crippen LogP contribution in [0.15, 0.2) is 47.5 Å². The van der Waals surface area contributed by atoms with Gasteiger partial charge in [0.2, 0.25) is 5.78 Å². The van der Waals surface area contributed by atoms with Crippen molar-refractivity contribution in [2.75, 3.05) is 32.8 Å². The predicted molar refractivity (Wildman–Crippen MR) is 110 cm³/mol. The van der Waals surface area contributed by atoms with E-state index < -0.39 is 0 Å². The molecule has 1 saturated heterocycles. The van der Waals surface area contributed by atoms with Crippen LogP contribution in [0.1, 0.15) is 32.7 Å². The van der Waals surface area contributed by atoms with Crippen LogP contribution in [0.4, 0.5) is 0 Å². The van der Waals surface area contributed by atoms with Gasteiger partial charge >= 0.3 is 0 Å². The molecule has 0 spiro atoms. The molecule has 142 valence electrons. The highest BCUT2D eigenvalue weighted by Gasteiger charge is 2.22. The number of carbonyl (C=O) groups is 1. The quantitative estimate of drug-likeness (QED) is 0.714. The SMILES string of the molecule is Cc1ccc2[nH]c(C(=O)c3ccc4c(c3)C(CN3CCOCC3)=NC4)cc2c1. The minimum absolute atomic E-state index is 0.0225. The fraction of sp³-hybridized carbons (Fsp3) is 0.304. The molecule has 0 unspecified atom stereocenters. The second-order valence-corrected chi connectivity index (χ2v) is 7.63. The molecule has 1 aromatic heterocycles. The van der Waals surface area contributed by atoms with Crippen molar-refractivity contribution in [1.82, 2.24) is 9.88 Å². The molecule has 5 heteroatoms. The third-order valence-electron chi connectivity index (χ3n) is 5.62. The van der Waals surface area contributed by atoms with E-state index in [9.17, 15) is 4.79 Å². The highest BCUT2D eigenvalue weighted by atomic mass is 16.5. The van der Waals surface area contributed by atoms with Gasteiger partial charge in [0.1, 0.15) is 0 Å². The Bertz CT molecular complexity index is 1090. The summed E-state index contributed by atoms with van der Waals surface area (Å²) in [5.74, 6) is 0.0225. The number of H-pyrrole nitrogens is 1. The van der Waals surface area contributed by atoms with Gasteiger partial charge in [0.05, 0.1) is 31.2 Å². The summed E-state index contributed by atoms with van der Waals surface area (Å²) in [6, 6.07) is 14.1. The van der Waals surface area contributed by atoms with E-state index in [4.69, 9.17) is 9.73 Å². The number of ether oxygens (including phenoxy) is 1. The topological polar surface area (TPSA) is 57.7 Å². The van der Waals surface area contributed by atoms with Gasteiger partial charge in [-0.1, -0.05) is 23.8 Å². The Hall–Kier alpha value is -2.76. The fourth-order valence-corrected chi connectivity index (χ4v) is 4.03. The van der Waals surface area contributed by atoms with Crippen molar-refractivity contribution >= 4 is 22.4 Å². The van der Waals surface area contributed by atoms with Gasteiger partial charge in [-0.15, -0.1) is 0 Å². The Morgan fingerprint density at radius 3 is 2.86 bits per heavy atom. The lowest BCUT2D eigenvalue weighted by molar-refractivity contribution is 0.0453. The second kappa shape index (κ2) is 7.00. The number of morpholine rings is 1. The highest BCUT2D eigenvalue weighted by molar-refractivity contribution is 6.12. The number of fused-ring (bicyclic) bond motifs is 2. The van der Waals surface area contributed by atoms with Gasteiger partial charge in [-0.2, -0.15) is 0 Å². The van der Waals surface area contributed by atoms with Crippen LogP contribution in [0.2, 0.25) is 0 Å². The minimum Gasteiger partial charge on any atom is -0.379 e. The van der Waals surface area contributed by atoms with Gasteiger partial charge in [-0.3, -0.25) is 14.7 Å². The van der Waals surface area contributed by atoms with Crippen LogP contribution in [0.25, 0.3) is 10.9 Å². The first kappa shape index (κ1) is 17.3. The minimum atomic E-state index is 0.0225. The average molecular weight is 373 g/mol. The van der Waals surface area contributed by atoms with Crippen molar-refractivity contribution in [2.24, 2.45) is 4.99 Å². The molecule has 0 amide bonds. The molecule has 28 heavy (non-hydrogen) atoms. The lowest BCUT2D eigenvalue weighted by Crippen LogP contribution is -2.39. The first-order chi connectivity index (χ1) is 13.7. The van der Waals surface area contributed by atoms with Gasteiger partial charge < -0.3 is 9.72 Å². The third kappa shape index (κ3) is 3.17. The van der Waals surface area contributed by atoms with E-state index in [0.717, 1.165) is 55.0 Å². The average Bonchev–Trinajstić information content (AvgIpc) is 3.31. The summed E-state index contributed by atoms with van der Waals surface area (Å²) in [5, 5.41) is 1.07. The summed E-state index contributed by atoms with van der Waals surface area (Å²) >= 11 is 0. The largest absolute Gasteiger partial charge is 0.379 e. The molecule has 0 saturated carbocycles. The monoisotopic (exact) mass is 373 g/mol. The molecule has 5 nitrogen and oxygen atoms in total. The van der Waals surface area contributed by atoms with E-state index in [1.807, 2.05) is 30.3 Å². The number of aromatic nitrogens is 1. The smallest absolute Gasteiger partial charge is 0.209 e. The maximum atomic E-state index is 13.1. The number of nitrogens with one attached hydrogen (secondary N) is 1. The number of aliphatic imine (C=N–C) groups is 1. The van der Waals surface area contributed by atoms with E-state index >= 15 is 0 Å². The number of aromatic amines is 1. The molecule has 3 aromatic rings. The maximum absolute atomic E-state index is 13.1. The summed E-state index contributed by atoms with van der Waals surface area (Å²) < 4.78 is 5.44. The van der Waals surface area contributed by atoms with Gasteiger partial charge in [0.15, 0.2) is 0 Å². The Labute approximate surface area is 164 Å². The lowest BCUT2D eigenvalue weighted by Gasteiger charge is -2.26. The molecule has 5 rings (SSSR count). The summed E-state index contributed by atoms with van der Waals surface area (Å²) in [4.78, 5) is 23.5. The van der Waals surface area contributed by atoms with Gasteiger partial charge in [0.25, 0.3) is 0 Å². The van der Waals surface area contributed by atoms with E-state index in [0.29, 0.717) is 17.8 Å². The summed E-state index contributed by atoms with van der Waals surface area (Å²) in [6.45, 7) is 7.00. The number of carbonyl (C=O) groups excluding carboxylic acids is 1. The molecule has 2 aromatic carbocycles. The van der Waals surface area contributed by atoms with Crippen molar-refractivity contribution in [3.05, 3.63) is 70.4 Å². The lowest BCUT2D eigenvalue weighted by atomic mass is 9.99. The number of nitrogens with zero attached hydrogens (tertiary/aromatic N) is 2. The Kier molecular flexibility index (Phi) is 4.34. The molecule has 2 aliphatic heterocycles. The van der Waals surface area contributed by atoms with Crippen LogP contribution in [-0.2, 0) is 11.3 Å². The molecule has 0 bridgehead atoms. The maximum Gasteiger partial charge on any atom is 0.209 e. The van der Waals surface area contributed by atoms with Crippen LogP contribution >= 0.6 is 0 Å². The second-order valence-electron chi connectivity index (χ2n) is 7.63. The zero-order valence-electron chi connectivity index (χ0n) is 16.0. The molecule has 2 aliphatic rings. The predicted octanol–water partition coefficient (Wildman–Crippen LogP) is 3.34. The van der Waals surface area contributed by atoms with E-state index in [-0.39, 0.29) is 5.78 Å². The number of hydrogen-bond donors (Lipinski definition) is 1. The molecular formula is C23H23N3O2. The molecular weight excluding hydrogens is 350 g/mol. The number of benzene rings is 2. The molecule has 1 fully saturated rings. The zero-order chi connectivity index (χ0) is 19.1. The number of rotatable bonds is 4. The first-order valence-electron chi connectivity index (χ1n) is 9.78. The van der Waals surface area contributed by atoms with Crippen LogP contribution in [0.5, 0.6) is 0 Å².